The summed E-state index contributed by atoms with van der Waals surface area (Å²) in [6.45, 7) is 3.43. The average Bonchev–Trinajstić information content (AvgIpc) is 3.71. The van der Waals surface area contributed by atoms with Crippen LogP contribution in [0.3, 0.4) is 0 Å². The van der Waals surface area contributed by atoms with Crippen molar-refractivity contribution in [3.05, 3.63) is 83.9 Å². The maximum absolute atomic E-state index is 12.9. The maximum Gasteiger partial charge on any atom is 0.255 e. The maximum atomic E-state index is 12.9. The Morgan fingerprint density at radius 2 is 1.74 bits per heavy atom. The van der Waals surface area contributed by atoms with Gasteiger partial charge in [0.05, 0.1) is 11.9 Å². The standard InChI is InChI=1S/C27H24N6O2/c1-16-3-6-22(32-27(35)20-8-9-28-24(11-20)18-4-5-18)14-23(16)25-12-21(15-30-33-25)19-7-10-29-26(13-19)31-17(2)34/h3,6-15,18H,4-5H2,1-2H3,(H,32,35)(H,29,31,34). The largest absolute Gasteiger partial charge is 0.322 e. The fraction of sp³-hybridized carbons (Fsp3) is 0.185. The molecule has 0 atom stereocenters. The number of aromatic nitrogens is 4. The molecule has 0 saturated heterocycles. The van der Waals surface area contributed by atoms with E-state index in [1.54, 1.807) is 30.7 Å². The lowest BCUT2D eigenvalue weighted by Crippen LogP contribution is -2.12. The van der Waals surface area contributed by atoms with Gasteiger partial charge in [0.2, 0.25) is 5.91 Å². The number of anilines is 2. The van der Waals surface area contributed by atoms with Gasteiger partial charge in [0.1, 0.15) is 5.82 Å². The smallest absolute Gasteiger partial charge is 0.255 e. The number of carbonyl (C=O) groups excluding carboxylic acids is 2. The van der Waals surface area contributed by atoms with Crippen LogP contribution in [0.15, 0.2) is 67.1 Å². The van der Waals surface area contributed by atoms with Crippen molar-refractivity contribution in [1.82, 2.24) is 20.2 Å². The van der Waals surface area contributed by atoms with Crippen LogP contribution in [0.1, 0.15) is 47.3 Å². The topological polar surface area (TPSA) is 110 Å². The first-order valence-corrected chi connectivity index (χ1v) is 11.4. The molecule has 0 unspecified atom stereocenters. The summed E-state index contributed by atoms with van der Waals surface area (Å²) in [5.74, 6) is 0.587. The SMILES string of the molecule is CC(=O)Nc1cc(-c2cnnc(-c3cc(NC(=O)c4ccnc(C5CC5)c4)ccc3C)c2)ccn1. The highest BCUT2D eigenvalue weighted by Crippen LogP contribution is 2.39. The van der Waals surface area contributed by atoms with Gasteiger partial charge in [-0.15, -0.1) is 0 Å². The van der Waals surface area contributed by atoms with Gasteiger partial charge in [0.15, 0.2) is 0 Å². The minimum absolute atomic E-state index is 0.175. The average molecular weight is 465 g/mol. The number of pyridine rings is 2. The first kappa shape index (κ1) is 22.3. The third kappa shape index (κ3) is 5.22. The number of carbonyl (C=O) groups is 2. The van der Waals surface area contributed by atoms with E-state index >= 15 is 0 Å². The highest BCUT2D eigenvalue weighted by atomic mass is 16.2. The molecule has 5 rings (SSSR count). The Bertz CT molecular complexity index is 1430. The van der Waals surface area contributed by atoms with E-state index in [1.165, 1.54) is 6.92 Å². The number of aryl methyl sites for hydroxylation is 1. The molecule has 0 radical (unpaired) electrons. The summed E-state index contributed by atoms with van der Waals surface area (Å²) in [6, 6.07) is 14.9. The Morgan fingerprint density at radius 3 is 2.54 bits per heavy atom. The summed E-state index contributed by atoms with van der Waals surface area (Å²) >= 11 is 0. The molecule has 1 aliphatic carbocycles. The van der Waals surface area contributed by atoms with E-state index in [4.69, 9.17) is 0 Å². The Labute approximate surface area is 202 Å². The van der Waals surface area contributed by atoms with E-state index < -0.39 is 0 Å². The van der Waals surface area contributed by atoms with Crippen LogP contribution < -0.4 is 10.6 Å². The number of hydrogen-bond acceptors (Lipinski definition) is 6. The third-order valence-corrected chi connectivity index (χ3v) is 5.86. The lowest BCUT2D eigenvalue weighted by Gasteiger charge is -2.11. The normalized spacial score (nSPS) is 12.7. The summed E-state index contributed by atoms with van der Waals surface area (Å²) in [4.78, 5) is 32.8. The van der Waals surface area contributed by atoms with Crippen molar-refractivity contribution in [2.75, 3.05) is 10.6 Å². The minimum Gasteiger partial charge on any atom is -0.322 e. The summed E-state index contributed by atoms with van der Waals surface area (Å²) in [6.07, 6.45) is 7.26. The fourth-order valence-electron chi connectivity index (χ4n) is 3.89. The molecule has 0 spiro atoms. The lowest BCUT2D eigenvalue weighted by atomic mass is 10.0. The van der Waals surface area contributed by atoms with Crippen LogP contribution >= 0.6 is 0 Å². The van der Waals surface area contributed by atoms with Crippen LogP contribution in [-0.4, -0.2) is 32.0 Å². The number of nitrogens with zero attached hydrogens (tertiary/aromatic N) is 4. The Morgan fingerprint density at radius 1 is 0.914 bits per heavy atom. The molecule has 1 aromatic carbocycles. The Hall–Kier alpha value is -4.46. The summed E-state index contributed by atoms with van der Waals surface area (Å²) in [5.41, 5.74) is 6.47. The van der Waals surface area contributed by atoms with Gasteiger partial charge in [-0.05, 0) is 73.4 Å². The molecule has 35 heavy (non-hydrogen) atoms. The molecule has 8 heteroatoms. The molecule has 1 aliphatic rings. The van der Waals surface area contributed by atoms with Gasteiger partial charge < -0.3 is 10.6 Å². The van der Waals surface area contributed by atoms with Crippen molar-refractivity contribution in [1.29, 1.82) is 0 Å². The van der Waals surface area contributed by atoms with E-state index in [2.05, 4.69) is 30.8 Å². The van der Waals surface area contributed by atoms with E-state index in [0.717, 1.165) is 40.8 Å². The summed E-state index contributed by atoms with van der Waals surface area (Å²) in [7, 11) is 0. The van der Waals surface area contributed by atoms with Gasteiger partial charge in [-0.25, -0.2) is 4.98 Å². The zero-order valence-corrected chi connectivity index (χ0v) is 19.4. The monoisotopic (exact) mass is 464 g/mol. The molecule has 0 aliphatic heterocycles. The van der Waals surface area contributed by atoms with Crippen LogP contribution in [0, 0.1) is 6.92 Å². The summed E-state index contributed by atoms with van der Waals surface area (Å²) < 4.78 is 0. The van der Waals surface area contributed by atoms with Crippen molar-refractivity contribution >= 4 is 23.3 Å². The molecule has 8 nitrogen and oxygen atoms in total. The second kappa shape index (κ2) is 9.42. The predicted octanol–water partition coefficient (Wildman–Crippen LogP) is 5.00. The third-order valence-electron chi connectivity index (χ3n) is 5.86. The number of nitrogens with one attached hydrogen (secondary N) is 2. The molecule has 1 saturated carbocycles. The van der Waals surface area contributed by atoms with E-state index in [9.17, 15) is 9.59 Å². The number of hydrogen-bond donors (Lipinski definition) is 2. The van der Waals surface area contributed by atoms with E-state index in [-0.39, 0.29) is 11.8 Å². The molecule has 2 amide bonds. The lowest BCUT2D eigenvalue weighted by molar-refractivity contribution is -0.114. The predicted molar refractivity (Wildman–Crippen MR) is 134 cm³/mol. The molecule has 4 aromatic rings. The van der Waals surface area contributed by atoms with Crippen LogP contribution in [0.4, 0.5) is 11.5 Å². The molecule has 2 N–H and O–H groups in total. The quantitative estimate of drug-likeness (QED) is 0.416. The highest BCUT2D eigenvalue weighted by molar-refractivity contribution is 6.04. The van der Waals surface area contributed by atoms with Gasteiger partial charge in [-0.3, -0.25) is 14.6 Å². The van der Waals surface area contributed by atoms with Gasteiger partial charge in [-0.2, -0.15) is 10.2 Å². The second-order valence-corrected chi connectivity index (χ2v) is 8.67. The minimum atomic E-state index is -0.187. The second-order valence-electron chi connectivity index (χ2n) is 8.67. The van der Waals surface area contributed by atoms with E-state index in [1.807, 2.05) is 43.3 Å². The first-order valence-electron chi connectivity index (χ1n) is 11.4. The van der Waals surface area contributed by atoms with Crippen LogP contribution in [-0.2, 0) is 4.79 Å². The molecular weight excluding hydrogens is 440 g/mol. The van der Waals surface area contributed by atoms with Gasteiger partial charge in [-0.1, -0.05) is 6.07 Å². The van der Waals surface area contributed by atoms with Gasteiger partial charge in [0.25, 0.3) is 5.91 Å². The van der Waals surface area contributed by atoms with Crippen molar-refractivity contribution in [2.24, 2.45) is 0 Å². The van der Waals surface area contributed by atoms with Gasteiger partial charge in [0, 0.05) is 53.3 Å². The zero-order chi connectivity index (χ0) is 24.4. The molecule has 0 bridgehead atoms. The molecular formula is C27H24N6O2. The van der Waals surface area contributed by atoms with E-state index in [0.29, 0.717) is 28.7 Å². The zero-order valence-electron chi connectivity index (χ0n) is 19.4. The van der Waals surface area contributed by atoms with Crippen molar-refractivity contribution < 1.29 is 9.59 Å². The Balaban J connectivity index is 1.41. The molecule has 1 fully saturated rings. The van der Waals surface area contributed by atoms with Crippen molar-refractivity contribution in [3.8, 4) is 22.4 Å². The summed E-state index contributed by atoms with van der Waals surface area (Å²) in [5, 5.41) is 14.2. The van der Waals surface area contributed by atoms with Crippen molar-refractivity contribution in [3.63, 3.8) is 0 Å². The Kier molecular flexibility index (Phi) is 6.01. The number of amides is 2. The molecule has 174 valence electrons. The fourth-order valence-corrected chi connectivity index (χ4v) is 3.89. The van der Waals surface area contributed by atoms with Crippen LogP contribution in [0.5, 0.6) is 0 Å². The molecule has 3 aromatic heterocycles. The first-order chi connectivity index (χ1) is 17.0. The van der Waals surface area contributed by atoms with Crippen LogP contribution in [0.2, 0.25) is 0 Å². The number of rotatable bonds is 6. The van der Waals surface area contributed by atoms with Gasteiger partial charge >= 0.3 is 0 Å². The van der Waals surface area contributed by atoms with Crippen LogP contribution in [0.25, 0.3) is 22.4 Å². The molecule has 3 heterocycles. The number of benzene rings is 1. The highest BCUT2D eigenvalue weighted by Gasteiger charge is 2.25. The van der Waals surface area contributed by atoms with Crippen molar-refractivity contribution in [2.45, 2.75) is 32.6 Å².